The van der Waals surface area contributed by atoms with Gasteiger partial charge in [0.05, 0.1) is 4.90 Å². The van der Waals surface area contributed by atoms with E-state index in [4.69, 9.17) is 11.6 Å². The summed E-state index contributed by atoms with van der Waals surface area (Å²) in [6.45, 7) is 0. The Morgan fingerprint density at radius 2 is 1.65 bits per heavy atom. The molecule has 0 spiro atoms. The van der Waals surface area contributed by atoms with Gasteiger partial charge >= 0.3 is 0 Å². The SMILES string of the molecule is O=CCc1ccc(CC2CCCC2NS(=O)(=O)c2ccc(Cl)cc2)cc1. The summed E-state index contributed by atoms with van der Waals surface area (Å²) in [7, 11) is -3.55. The van der Waals surface area contributed by atoms with Crippen LogP contribution in [-0.4, -0.2) is 20.7 Å². The van der Waals surface area contributed by atoms with Crippen LogP contribution in [0.15, 0.2) is 53.4 Å². The molecule has 2 atom stereocenters. The van der Waals surface area contributed by atoms with Crippen molar-refractivity contribution in [3.05, 3.63) is 64.7 Å². The number of halogens is 1. The van der Waals surface area contributed by atoms with Crippen LogP contribution in [-0.2, 0) is 27.7 Å². The molecule has 2 unspecified atom stereocenters. The van der Waals surface area contributed by atoms with Crippen LogP contribution < -0.4 is 4.72 Å². The first-order chi connectivity index (χ1) is 12.5. The van der Waals surface area contributed by atoms with Crippen molar-refractivity contribution in [2.24, 2.45) is 5.92 Å². The van der Waals surface area contributed by atoms with Gasteiger partial charge in [0.2, 0.25) is 10.0 Å². The number of benzene rings is 2. The van der Waals surface area contributed by atoms with Gasteiger partial charge in [-0.3, -0.25) is 0 Å². The van der Waals surface area contributed by atoms with E-state index in [1.807, 2.05) is 24.3 Å². The molecule has 0 saturated heterocycles. The van der Waals surface area contributed by atoms with Crippen LogP contribution in [0.5, 0.6) is 0 Å². The minimum atomic E-state index is -3.55. The molecular weight excluding hydrogens is 370 g/mol. The molecule has 6 heteroatoms. The lowest BCUT2D eigenvalue weighted by atomic mass is 9.94. The fourth-order valence-electron chi connectivity index (χ4n) is 3.53. The normalized spacial score (nSPS) is 20.2. The topological polar surface area (TPSA) is 63.2 Å². The van der Waals surface area contributed by atoms with E-state index in [2.05, 4.69) is 4.72 Å². The zero-order valence-corrected chi connectivity index (χ0v) is 16.0. The molecule has 1 N–H and O–H groups in total. The number of carbonyl (C=O) groups excluding carboxylic acids is 1. The first kappa shape index (κ1) is 19.1. The van der Waals surface area contributed by atoms with E-state index in [0.29, 0.717) is 11.4 Å². The molecule has 0 bridgehead atoms. The van der Waals surface area contributed by atoms with Gasteiger partial charge in [0.25, 0.3) is 0 Å². The first-order valence-electron chi connectivity index (χ1n) is 8.77. The van der Waals surface area contributed by atoms with Gasteiger partial charge in [0.1, 0.15) is 6.29 Å². The van der Waals surface area contributed by atoms with Gasteiger partial charge in [0, 0.05) is 17.5 Å². The number of sulfonamides is 1. The highest BCUT2D eigenvalue weighted by Crippen LogP contribution is 2.30. The predicted molar refractivity (Wildman–Crippen MR) is 103 cm³/mol. The average Bonchev–Trinajstić information content (AvgIpc) is 3.03. The number of nitrogens with one attached hydrogen (secondary N) is 1. The lowest BCUT2D eigenvalue weighted by Crippen LogP contribution is -2.38. The van der Waals surface area contributed by atoms with Crippen LogP contribution in [0, 0.1) is 5.92 Å². The molecular formula is C20H22ClNO3S. The van der Waals surface area contributed by atoms with Gasteiger partial charge in [0.15, 0.2) is 0 Å². The van der Waals surface area contributed by atoms with Crippen molar-refractivity contribution in [3.8, 4) is 0 Å². The third-order valence-electron chi connectivity index (χ3n) is 4.93. The Bertz CT molecular complexity index is 848. The maximum Gasteiger partial charge on any atom is 0.240 e. The molecule has 0 amide bonds. The Hall–Kier alpha value is -1.69. The summed E-state index contributed by atoms with van der Waals surface area (Å²) in [5, 5.41) is 0.515. The van der Waals surface area contributed by atoms with Crippen molar-refractivity contribution in [1.29, 1.82) is 0 Å². The minimum absolute atomic E-state index is 0.0645. The van der Waals surface area contributed by atoms with E-state index < -0.39 is 10.0 Å². The van der Waals surface area contributed by atoms with Crippen molar-refractivity contribution < 1.29 is 13.2 Å². The van der Waals surface area contributed by atoms with Gasteiger partial charge in [-0.05, 0) is 60.6 Å². The number of hydrogen-bond acceptors (Lipinski definition) is 3. The molecule has 26 heavy (non-hydrogen) atoms. The maximum absolute atomic E-state index is 12.6. The first-order valence-corrected chi connectivity index (χ1v) is 10.6. The smallest absolute Gasteiger partial charge is 0.240 e. The molecule has 1 aliphatic carbocycles. The summed E-state index contributed by atoms with van der Waals surface area (Å²) in [5.74, 6) is 0.272. The molecule has 2 aromatic carbocycles. The van der Waals surface area contributed by atoms with Gasteiger partial charge in [-0.2, -0.15) is 0 Å². The molecule has 0 radical (unpaired) electrons. The lowest BCUT2D eigenvalue weighted by Gasteiger charge is -2.21. The maximum atomic E-state index is 12.6. The number of carbonyl (C=O) groups is 1. The average molecular weight is 392 g/mol. The monoisotopic (exact) mass is 391 g/mol. The van der Waals surface area contributed by atoms with Crippen molar-refractivity contribution in [3.63, 3.8) is 0 Å². The highest BCUT2D eigenvalue weighted by Gasteiger charge is 2.31. The molecule has 138 valence electrons. The summed E-state index contributed by atoms with van der Waals surface area (Å²) in [4.78, 5) is 10.8. The second-order valence-electron chi connectivity index (χ2n) is 6.76. The van der Waals surface area contributed by atoms with Gasteiger partial charge in [-0.15, -0.1) is 0 Å². The van der Waals surface area contributed by atoms with E-state index in [1.165, 1.54) is 17.7 Å². The van der Waals surface area contributed by atoms with Crippen molar-refractivity contribution in [2.45, 2.75) is 43.0 Å². The second kappa shape index (κ2) is 8.33. The zero-order chi connectivity index (χ0) is 18.6. The predicted octanol–water partition coefficient (Wildman–Crippen LogP) is 3.77. The Labute approximate surface area is 159 Å². The molecule has 2 aromatic rings. The number of hydrogen-bond donors (Lipinski definition) is 1. The number of rotatable bonds is 7. The van der Waals surface area contributed by atoms with Gasteiger partial charge < -0.3 is 4.79 Å². The summed E-state index contributed by atoms with van der Waals surface area (Å²) < 4.78 is 28.1. The van der Waals surface area contributed by atoms with E-state index >= 15 is 0 Å². The summed E-state index contributed by atoms with van der Waals surface area (Å²) >= 11 is 5.84. The Morgan fingerprint density at radius 1 is 1.00 bits per heavy atom. The van der Waals surface area contributed by atoms with Gasteiger partial charge in [-0.1, -0.05) is 42.3 Å². The summed E-state index contributed by atoms with van der Waals surface area (Å²) in [6, 6.07) is 14.2. The second-order valence-corrected chi connectivity index (χ2v) is 8.91. The molecule has 1 saturated carbocycles. The summed E-state index contributed by atoms with van der Waals surface area (Å²) in [6.07, 6.45) is 5.02. The molecule has 1 aliphatic rings. The fourth-order valence-corrected chi connectivity index (χ4v) is 4.99. The van der Waals surface area contributed by atoms with E-state index in [9.17, 15) is 13.2 Å². The standard InChI is InChI=1S/C20H22ClNO3S/c21-18-8-10-19(11-9-18)26(24,25)22-20-3-1-2-17(20)14-16-6-4-15(5-7-16)12-13-23/h4-11,13,17,20,22H,1-3,12,14H2. The third-order valence-corrected chi connectivity index (χ3v) is 6.69. The molecule has 0 aliphatic heterocycles. The van der Waals surface area contributed by atoms with Crippen LogP contribution in [0.4, 0.5) is 0 Å². The van der Waals surface area contributed by atoms with Gasteiger partial charge in [-0.25, -0.2) is 13.1 Å². The van der Waals surface area contributed by atoms with Crippen LogP contribution in [0.3, 0.4) is 0 Å². The van der Waals surface area contributed by atoms with Crippen molar-refractivity contribution in [2.75, 3.05) is 0 Å². The molecule has 0 aromatic heterocycles. The highest BCUT2D eigenvalue weighted by atomic mass is 35.5. The Balaban J connectivity index is 1.67. The zero-order valence-electron chi connectivity index (χ0n) is 14.4. The number of aldehydes is 1. The molecule has 1 fully saturated rings. The summed E-state index contributed by atoms with van der Waals surface area (Å²) in [5.41, 5.74) is 2.16. The largest absolute Gasteiger partial charge is 0.303 e. The lowest BCUT2D eigenvalue weighted by molar-refractivity contribution is -0.107. The van der Waals surface area contributed by atoms with Crippen LogP contribution >= 0.6 is 11.6 Å². The van der Waals surface area contributed by atoms with E-state index in [1.54, 1.807) is 12.1 Å². The highest BCUT2D eigenvalue weighted by molar-refractivity contribution is 7.89. The van der Waals surface area contributed by atoms with Crippen molar-refractivity contribution in [1.82, 2.24) is 4.72 Å². The third kappa shape index (κ3) is 4.72. The Morgan fingerprint density at radius 3 is 2.31 bits per heavy atom. The minimum Gasteiger partial charge on any atom is -0.303 e. The molecule has 0 heterocycles. The quantitative estimate of drug-likeness (QED) is 0.730. The van der Waals surface area contributed by atoms with E-state index in [0.717, 1.165) is 37.5 Å². The van der Waals surface area contributed by atoms with E-state index in [-0.39, 0.29) is 16.9 Å². The van der Waals surface area contributed by atoms with Crippen LogP contribution in [0.1, 0.15) is 30.4 Å². The Kier molecular flexibility index (Phi) is 6.12. The molecule has 3 rings (SSSR count). The molecule has 4 nitrogen and oxygen atoms in total. The fraction of sp³-hybridized carbons (Fsp3) is 0.350. The van der Waals surface area contributed by atoms with Crippen molar-refractivity contribution >= 4 is 27.9 Å². The van der Waals surface area contributed by atoms with Crippen LogP contribution in [0.2, 0.25) is 5.02 Å². The van der Waals surface area contributed by atoms with Crippen LogP contribution in [0.25, 0.3) is 0 Å².